The van der Waals surface area contributed by atoms with Gasteiger partial charge in [-0.25, -0.2) is 13.6 Å². The van der Waals surface area contributed by atoms with E-state index >= 15 is 0 Å². The summed E-state index contributed by atoms with van der Waals surface area (Å²) in [6.45, 7) is 9.80. The molecular formula is C13H21NO3S. The van der Waals surface area contributed by atoms with Crippen molar-refractivity contribution in [3.8, 4) is 0 Å². The molecule has 2 atom stereocenters. The first-order valence-corrected chi connectivity index (χ1v) is 7.37. The van der Waals surface area contributed by atoms with E-state index in [1.807, 2.05) is 0 Å². The molecule has 1 aliphatic rings. The normalized spacial score (nSPS) is 27.5. The van der Waals surface area contributed by atoms with E-state index in [9.17, 15) is 13.5 Å². The van der Waals surface area contributed by atoms with Gasteiger partial charge in [-0.3, -0.25) is 0 Å². The number of aliphatic hydroxyl groups is 1. The molecule has 0 unspecified atom stereocenters. The number of hydrogen-bond donors (Lipinski definition) is 2. The lowest BCUT2D eigenvalue weighted by Crippen LogP contribution is -2.13. The van der Waals surface area contributed by atoms with Gasteiger partial charge < -0.3 is 5.11 Å². The van der Waals surface area contributed by atoms with E-state index in [0.29, 0.717) is 0 Å². The van der Waals surface area contributed by atoms with Crippen LogP contribution in [0.25, 0.3) is 0 Å². The molecule has 3 N–H and O–H groups in total. The average Bonchev–Trinajstić information content (AvgIpc) is 2.79. The van der Waals surface area contributed by atoms with Crippen molar-refractivity contribution in [1.82, 2.24) is 0 Å². The fourth-order valence-corrected chi connectivity index (χ4v) is 3.06. The monoisotopic (exact) mass is 271 g/mol. The Morgan fingerprint density at radius 2 is 2.00 bits per heavy atom. The standard InChI is InChI=1S/C13H21NO3S/c1-5-10(18(14,16)17)7-6-9(2)12-11(8-15)13(12,3)4/h5-7,11-12,15H,2,8H2,1,3-4H3,(H2,14,16,17)/b7-6-,10-5+/t11-,12-/m1/s1. The van der Waals surface area contributed by atoms with Crippen LogP contribution in [0.15, 0.2) is 35.3 Å². The Kier molecular flexibility index (Phi) is 4.20. The van der Waals surface area contributed by atoms with Crippen LogP contribution in [-0.4, -0.2) is 20.1 Å². The van der Waals surface area contributed by atoms with Gasteiger partial charge in [-0.05, 0) is 30.3 Å². The van der Waals surface area contributed by atoms with E-state index in [4.69, 9.17) is 5.14 Å². The Bertz CT molecular complexity index is 500. The summed E-state index contributed by atoms with van der Waals surface area (Å²) in [5, 5.41) is 14.3. The first-order chi connectivity index (χ1) is 8.16. The second-order valence-electron chi connectivity index (χ2n) is 5.23. The quantitative estimate of drug-likeness (QED) is 0.745. The molecule has 0 saturated heterocycles. The van der Waals surface area contributed by atoms with Gasteiger partial charge in [0.05, 0.1) is 4.91 Å². The lowest BCUT2D eigenvalue weighted by molar-refractivity contribution is 0.256. The maximum Gasteiger partial charge on any atom is 0.237 e. The zero-order valence-electron chi connectivity index (χ0n) is 11.1. The van der Waals surface area contributed by atoms with Crippen molar-refractivity contribution >= 4 is 10.0 Å². The van der Waals surface area contributed by atoms with Crippen molar-refractivity contribution in [2.75, 3.05) is 6.61 Å². The summed E-state index contributed by atoms with van der Waals surface area (Å²) in [5.41, 5.74) is 0.843. The summed E-state index contributed by atoms with van der Waals surface area (Å²) < 4.78 is 22.4. The molecule has 0 aromatic carbocycles. The van der Waals surface area contributed by atoms with Crippen LogP contribution in [0.2, 0.25) is 0 Å². The highest BCUT2D eigenvalue weighted by atomic mass is 32.2. The SMILES string of the molecule is C=C(/C=C\C(=C/C)S(N)(=O)=O)[C@@H]1[C@@H](CO)C1(C)C. The molecule has 18 heavy (non-hydrogen) atoms. The number of primary sulfonamides is 1. The minimum atomic E-state index is -3.68. The van der Waals surface area contributed by atoms with Gasteiger partial charge in [0, 0.05) is 6.61 Å². The molecule has 4 nitrogen and oxygen atoms in total. The third kappa shape index (κ3) is 2.91. The number of rotatable bonds is 5. The third-order valence-electron chi connectivity index (χ3n) is 3.72. The fourth-order valence-electron chi connectivity index (χ4n) is 2.47. The molecule has 1 rings (SSSR count). The van der Waals surface area contributed by atoms with Crippen LogP contribution in [0.1, 0.15) is 20.8 Å². The van der Waals surface area contributed by atoms with E-state index in [2.05, 4.69) is 20.4 Å². The fraction of sp³-hybridized carbons (Fsp3) is 0.538. The summed E-state index contributed by atoms with van der Waals surface area (Å²) in [7, 11) is -3.68. The molecule has 0 radical (unpaired) electrons. The molecule has 0 aromatic rings. The van der Waals surface area contributed by atoms with Gasteiger partial charge >= 0.3 is 0 Å². The van der Waals surface area contributed by atoms with Crippen molar-refractivity contribution < 1.29 is 13.5 Å². The highest BCUT2D eigenvalue weighted by Gasteiger charge is 2.57. The summed E-state index contributed by atoms with van der Waals surface area (Å²) in [5.74, 6) is 0.385. The second kappa shape index (κ2) is 4.99. The molecule has 0 aromatic heterocycles. The molecular weight excluding hydrogens is 250 g/mol. The minimum absolute atomic E-state index is 0.0217. The van der Waals surface area contributed by atoms with Crippen molar-refractivity contribution in [3.05, 3.63) is 35.3 Å². The molecule has 0 heterocycles. The number of hydrogen-bond acceptors (Lipinski definition) is 3. The highest BCUT2D eigenvalue weighted by Crippen LogP contribution is 2.61. The maximum atomic E-state index is 11.2. The Morgan fingerprint density at radius 3 is 2.33 bits per heavy atom. The topological polar surface area (TPSA) is 80.4 Å². The van der Waals surface area contributed by atoms with E-state index in [0.717, 1.165) is 5.57 Å². The summed E-state index contributed by atoms with van der Waals surface area (Å²) in [6, 6.07) is 0. The predicted molar refractivity (Wildman–Crippen MR) is 73.0 cm³/mol. The molecule has 0 aliphatic heterocycles. The Morgan fingerprint density at radius 1 is 1.44 bits per heavy atom. The van der Waals surface area contributed by atoms with Crippen LogP contribution in [0.5, 0.6) is 0 Å². The molecule has 1 aliphatic carbocycles. The second-order valence-corrected chi connectivity index (χ2v) is 6.79. The molecule has 102 valence electrons. The van der Waals surface area contributed by atoms with Crippen molar-refractivity contribution in [1.29, 1.82) is 0 Å². The zero-order chi connectivity index (χ0) is 14.1. The highest BCUT2D eigenvalue weighted by molar-refractivity contribution is 7.93. The van der Waals surface area contributed by atoms with Crippen LogP contribution < -0.4 is 5.14 Å². The van der Waals surface area contributed by atoms with Crippen LogP contribution in [0.3, 0.4) is 0 Å². The lowest BCUT2D eigenvalue weighted by Gasteiger charge is -2.02. The van der Waals surface area contributed by atoms with Crippen LogP contribution >= 0.6 is 0 Å². The minimum Gasteiger partial charge on any atom is -0.396 e. The van der Waals surface area contributed by atoms with E-state index in [1.54, 1.807) is 13.0 Å². The van der Waals surface area contributed by atoms with Gasteiger partial charge in [0.2, 0.25) is 10.0 Å². The van der Waals surface area contributed by atoms with Crippen LogP contribution in [0.4, 0.5) is 0 Å². The van der Waals surface area contributed by atoms with Crippen LogP contribution in [-0.2, 0) is 10.0 Å². The Labute approximate surface area is 109 Å². The summed E-state index contributed by atoms with van der Waals surface area (Å²) >= 11 is 0. The lowest BCUT2D eigenvalue weighted by atomic mass is 10.0. The van der Waals surface area contributed by atoms with E-state index < -0.39 is 10.0 Å². The van der Waals surface area contributed by atoms with Crippen molar-refractivity contribution in [2.45, 2.75) is 20.8 Å². The van der Waals surface area contributed by atoms with E-state index in [-0.39, 0.29) is 28.8 Å². The number of sulfonamides is 1. The van der Waals surface area contributed by atoms with Gasteiger partial charge in [0.1, 0.15) is 0 Å². The average molecular weight is 271 g/mol. The largest absolute Gasteiger partial charge is 0.396 e. The van der Waals surface area contributed by atoms with Gasteiger partial charge in [-0.1, -0.05) is 38.2 Å². The molecule has 1 fully saturated rings. The maximum absolute atomic E-state index is 11.2. The first kappa shape index (κ1) is 15.1. The number of allylic oxidation sites excluding steroid dienone is 4. The Balaban J connectivity index is 2.79. The summed E-state index contributed by atoms with van der Waals surface area (Å²) in [6.07, 6.45) is 4.57. The molecule has 1 saturated carbocycles. The number of aliphatic hydroxyl groups excluding tert-OH is 1. The number of nitrogens with two attached hydrogens (primary N) is 1. The van der Waals surface area contributed by atoms with Gasteiger partial charge in [0.25, 0.3) is 0 Å². The Hall–Kier alpha value is -0.910. The first-order valence-electron chi connectivity index (χ1n) is 5.83. The van der Waals surface area contributed by atoms with Gasteiger partial charge in [-0.2, -0.15) is 0 Å². The predicted octanol–water partition coefficient (Wildman–Crippen LogP) is 1.56. The smallest absolute Gasteiger partial charge is 0.237 e. The van der Waals surface area contributed by atoms with Gasteiger partial charge in [0.15, 0.2) is 0 Å². The van der Waals surface area contributed by atoms with E-state index in [1.165, 1.54) is 12.2 Å². The summed E-state index contributed by atoms with van der Waals surface area (Å²) in [4.78, 5) is 0.0719. The van der Waals surface area contributed by atoms with Crippen LogP contribution in [0, 0.1) is 17.3 Å². The van der Waals surface area contributed by atoms with Crippen molar-refractivity contribution in [2.24, 2.45) is 22.4 Å². The zero-order valence-corrected chi connectivity index (χ0v) is 11.9. The molecule has 5 heteroatoms. The van der Waals surface area contributed by atoms with Crippen molar-refractivity contribution in [3.63, 3.8) is 0 Å². The van der Waals surface area contributed by atoms with Gasteiger partial charge in [-0.15, -0.1) is 0 Å². The third-order valence-corrected chi connectivity index (χ3v) is 4.75. The molecule has 0 amide bonds. The molecule has 0 bridgehead atoms. The molecule has 0 spiro atoms.